The molecule has 0 saturated heterocycles. The van der Waals surface area contributed by atoms with Gasteiger partial charge in [0.05, 0.1) is 84.4 Å². The summed E-state index contributed by atoms with van der Waals surface area (Å²) in [7, 11) is 0. The van der Waals surface area contributed by atoms with E-state index >= 15 is 0 Å². The lowest BCUT2D eigenvalue weighted by Gasteiger charge is -2.21. The fraction of sp³-hybridized carbons (Fsp3) is 0.0159. The Labute approximate surface area is 419 Å². The first-order valence-electron chi connectivity index (χ1n) is 22.7. The van der Waals surface area contributed by atoms with Crippen LogP contribution in [-0.4, -0.2) is 9.13 Å². The van der Waals surface area contributed by atoms with E-state index in [0.717, 1.165) is 77.2 Å². The standard InChI is InChI=1S/C63H30N10/c1-37-26-44(67-2)21-22-46(37)39-18-23-59(72-55-15-9-7-12-47(55)49-32-41(19-24-57(49)72)62-43(36-66)29-45(68-3)33-54(62)71-6)51(30-39)63-52(69-4)14-11-17-60(63)73-56-16-10-8-13-48(56)50-31-40(20-25-58(50)73)61-42(35-65)27-38(34-64)28-53(61)70-5/h7-33H,1H3. The number of rotatable bonds is 6. The zero-order valence-corrected chi connectivity index (χ0v) is 38.6. The smallest absolute Gasteiger partial charge is 0.197 e. The third-order valence-electron chi connectivity index (χ3n) is 13.4. The molecule has 2 heterocycles. The molecule has 73 heavy (non-hydrogen) atoms. The first-order valence-corrected chi connectivity index (χ1v) is 22.7. The van der Waals surface area contributed by atoms with Crippen LogP contribution in [0.1, 0.15) is 22.3 Å². The Morgan fingerprint density at radius 2 is 0.945 bits per heavy atom. The van der Waals surface area contributed by atoms with Gasteiger partial charge in [0.25, 0.3) is 0 Å². The van der Waals surface area contributed by atoms with Crippen LogP contribution in [0, 0.1) is 73.8 Å². The second-order valence-corrected chi connectivity index (χ2v) is 17.3. The molecule has 0 radical (unpaired) electrons. The molecule has 0 spiro atoms. The number of nitrogens with zero attached hydrogens (tertiary/aromatic N) is 10. The Morgan fingerprint density at radius 1 is 0.384 bits per heavy atom. The Kier molecular flexibility index (Phi) is 10.6. The van der Waals surface area contributed by atoms with Crippen molar-refractivity contribution in [3.05, 3.63) is 243 Å². The molecule has 0 aliphatic carbocycles. The van der Waals surface area contributed by atoms with Crippen LogP contribution in [0.15, 0.2) is 164 Å². The number of aryl methyl sites for hydroxylation is 1. The van der Waals surface area contributed by atoms with Gasteiger partial charge in [-0.15, -0.1) is 0 Å². The summed E-state index contributed by atoms with van der Waals surface area (Å²) in [5.41, 5.74) is 13.5. The monoisotopic (exact) mass is 926 g/mol. The fourth-order valence-electron chi connectivity index (χ4n) is 10.3. The van der Waals surface area contributed by atoms with Crippen molar-refractivity contribution in [3.8, 4) is 74.1 Å². The summed E-state index contributed by atoms with van der Waals surface area (Å²) in [4.78, 5) is 18.9. The zero-order chi connectivity index (χ0) is 50.5. The predicted molar refractivity (Wildman–Crippen MR) is 287 cm³/mol. The lowest BCUT2D eigenvalue weighted by molar-refractivity contribution is 1.16. The van der Waals surface area contributed by atoms with Gasteiger partial charge in [-0.3, -0.25) is 0 Å². The Morgan fingerprint density at radius 3 is 1.52 bits per heavy atom. The molecule has 0 fully saturated rings. The predicted octanol–water partition coefficient (Wildman–Crippen LogP) is 17.2. The molecule has 10 nitrogen and oxygen atoms in total. The second kappa shape index (κ2) is 17.5. The number of para-hydroxylation sites is 2. The van der Waals surface area contributed by atoms with Gasteiger partial charge in [0.15, 0.2) is 28.4 Å². The molecular weight excluding hydrogens is 897 g/mol. The number of nitriles is 3. The number of hydrogen-bond acceptors (Lipinski definition) is 3. The van der Waals surface area contributed by atoms with Gasteiger partial charge in [-0.1, -0.05) is 96.6 Å². The van der Waals surface area contributed by atoms with E-state index in [0.29, 0.717) is 39.2 Å². The van der Waals surface area contributed by atoms with Crippen molar-refractivity contribution in [2.45, 2.75) is 6.92 Å². The molecule has 0 aliphatic rings. The molecule has 0 aliphatic heterocycles. The molecule has 0 amide bonds. The van der Waals surface area contributed by atoms with Crippen molar-refractivity contribution in [1.82, 2.24) is 9.13 Å². The van der Waals surface area contributed by atoms with Crippen LogP contribution < -0.4 is 0 Å². The van der Waals surface area contributed by atoms with Gasteiger partial charge in [-0.05, 0) is 108 Å². The maximum atomic E-state index is 10.3. The van der Waals surface area contributed by atoms with Crippen molar-refractivity contribution in [3.63, 3.8) is 0 Å². The zero-order valence-electron chi connectivity index (χ0n) is 38.6. The minimum absolute atomic E-state index is 0.202. The Balaban J connectivity index is 1.22. The average molecular weight is 927 g/mol. The van der Waals surface area contributed by atoms with E-state index in [9.17, 15) is 15.8 Å². The van der Waals surface area contributed by atoms with Crippen molar-refractivity contribution in [2.75, 3.05) is 0 Å². The lowest BCUT2D eigenvalue weighted by Crippen LogP contribution is -2.02. The van der Waals surface area contributed by atoms with Crippen molar-refractivity contribution in [2.24, 2.45) is 0 Å². The first-order chi connectivity index (χ1) is 35.7. The highest BCUT2D eigenvalue weighted by atomic mass is 15.0. The van der Waals surface area contributed by atoms with E-state index in [4.69, 9.17) is 32.9 Å². The van der Waals surface area contributed by atoms with Crippen molar-refractivity contribution in [1.29, 1.82) is 15.8 Å². The summed E-state index contributed by atoms with van der Waals surface area (Å²) in [6.07, 6.45) is 0. The minimum atomic E-state index is 0.202. The normalized spacial score (nSPS) is 10.7. The van der Waals surface area contributed by atoms with Gasteiger partial charge in [-0.25, -0.2) is 24.2 Å². The topological polar surface area (TPSA) is 103 Å². The largest absolute Gasteiger partial charge is 0.310 e. The molecule has 10 heteroatoms. The molecule has 0 N–H and O–H groups in total. The molecule has 0 bridgehead atoms. The van der Waals surface area contributed by atoms with E-state index in [1.165, 1.54) is 24.3 Å². The number of aromatic nitrogens is 2. The van der Waals surface area contributed by atoms with Crippen LogP contribution in [-0.2, 0) is 0 Å². The van der Waals surface area contributed by atoms with Crippen LogP contribution >= 0.6 is 0 Å². The highest BCUT2D eigenvalue weighted by Gasteiger charge is 2.25. The summed E-state index contributed by atoms with van der Waals surface area (Å²) >= 11 is 0. The van der Waals surface area contributed by atoms with E-state index in [2.05, 4.69) is 69.8 Å². The first kappa shape index (κ1) is 44.0. The molecule has 0 unspecified atom stereocenters. The third-order valence-corrected chi connectivity index (χ3v) is 13.4. The molecule has 11 aromatic rings. The number of benzene rings is 9. The molecule has 2 aromatic heterocycles. The third kappa shape index (κ3) is 6.96. The summed E-state index contributed by atoms with van der Waals surface area (Å²) in [6.45, 7) is 42.1. The van der Waals surface area contributed by atoms with Gasteiger partial charge in [0, 0.05) is 55.0 Å². The summed E-state index contributed by atoms with van der Waals surface area (Å²) in [6, 6.07) is 57.9. The second-order valence-electron chi connectivity index (χ2n) is 17.3. The van der Waals surface area contributed by atoms with Gasteiger partial charge >= 0.3 is 0 Å². The van der Waals surface area contributed by atoms with E-state index in [1.807, 2.05) is 128 Å². The highest BCUT2D eigenvalue weighted by molar-refractivity contribution is 6.14. The van der Waals surface area contributed by atoms with Gasteiger partial charge in [-0.2, -0.15) is 15.8 Å². The van der Waals surface area contributed by atoms with Crippen molar-refractivity contribution < 1.29 is 0 Å². The molecule has 9 aromatic carbocycles. The van der Waals surface area contributed by atoms with Crippen molar-refractivity contribution >= 4 is 72.0 Å². The van der Waals surface area contributed by atoms with E-state index in [-0.39, 0.29) is 33.8 Å². The molecule has 0 atom stereocenters. The van der Waals surface area contributed by atoms with E-state index in [1.54, 1.807) is 0 Å². The highest BCUT2D eigenvalue weighted by Crippen LogP contribution is 2.48. The van der Waals surface area contributed by atoms with Gasteiger partial charge in [0.1, 0.15) is 0 Å². The quantitative estimate of drug-likeness (QED) is 0.155. The number of hydrogen-bond donors (Lipinski definition) is 0. The summed E-state index contributed by atoms with van der Waals surface area (Å²) < 4.78 is 4.34. The molecule has 332 valence electrons. The molecular formula is C63H30N10. The maximum absolute atomic E-state index is 10.3. The van der Waals surface area contributed by atoms with Gasteiger partial charge in [0.2, 0.25) is 0 Å². The Bertz CT molecular complexity index is 4550. The van der Waals surface area contributed by atoms with Gasteiger partial charge < -0.3 is 9.13 Å². The molecule has 11 rings (SSSR count). The number of fused-ring (bicyclic) bond motifs is 6. The van der Waals surface area contributed by atoms with E-state index < -0.39 is 0 Å². The Hall–Kier alpha value is -11.5. The van der Waals surface area contributed by atoms with Crippen LogP contribution in [0.25, 0.3) is 124 Å². The van der Waals surface area contributed by atoms with Crippen LogP contribution in [0.5, 0.6) is 0 Å². The lowest BCUT2D eigenvalue weighted by atomic mass is 9.92. The summed E-state index contributed by atoms with van der Waals surface area (Å²) in [5.74, 6) is 0. The molecule has 0 saturated carbocycles. The maximum Gasteiger partial charge on any atom is 0.197 e. The summed E-state index contributed by atoms with van der Waals surface area (Å²) in [5, 5.41) is 33.8. The van der Waals surface area contributed by atoms with Crippen LogP contribution in [0.2, 0.25) is 0 Å². The van der Waals surface area contributed by atoms with Crippen LogP contribution in [0.3, 0.4) is 0 Å². The van der Waals surface area contributed by atoms with Crippen LogP contribution in [0.4, 0.5) is 28.4 Å². The minimum Gasteiger partial charge on any atom is -0.310 e. The SMILES string of the molecule is [C-]#[N+]c1ccc(-c2ccc(-n3c4ccccc4c4cc(-c5c(C#N)cc([N+]#[C-])cc5[N+]#[C-])ccc43)c(-c3c([N+]#[C-])cccc3-n3c4ccccc4c4cc(-c5c(C#N)cc(C#N)cc5[N+]#[C-])ccc43)c2)c(C)c1. The fourth-order valence-corrected chi connectivity index (χ4v) is 10.3. The average Bonchev–Trinajstić information content (AvgIpc) is 3.95.